The van der Waals surface area contributed by atoms with Gasteiger partial charge in [0.25, 0.3) is 5.91 Å². The summed E-state index contributed by atoms with van der Waals surface area (Å²) in [5.41, 5.74) is 7.19. The van der Waals surface area contributed by atoms with Crippen molar-refractivity contribution in [3.05, 3.63) is 52.0 Å². The van der Waals surface area contributed by atoms with E-state index in [4.69, 9.17) is 11.0 Å². The van der Waals surface area contributed by atoms with Gasteiger partial charge >= 0.3 is 0 Å². The number of carbonyl (C=O) groups is 1. The molecule has 0 saturated heterocycles. The largest absolute Gasteiger partial charge is 0.507 e. The molecular formula is C14H10BrN3O2. The molecule has 0 atom stereocenters. The summed E-state index contributed by atoms with van der Waals surface area (Å²) >= 11 is 3.14. The van der Waals surface area contributed by atoms with E-state index in [0.717, 1.165) is 0 Å². The number of hydrogen-bond acceptors (Lipinski definition) is 4. The van der Waals surface area contributed by atoms with Crippen molar-refractivity contribution in [1.82, 2.24) is 0 Å². The number of anilines is 2. The van der Waals surface area contributed by atoms with Crippen molar-refractivity contribution in [3.8, 4) is 11.8 Å². The van der Waals surface area contributed by atoms with E-state index < -0.39 is 5.91 Å². The number of carbonyl (C=O) groups excluding carboxylic acids is 1. The van der Waals surface area contributed by atoms with Crippen molar-refractivity contribution in [2.45, 2.75) is 0 Å². The number of phenols is 1. The van der Waals surface area contributed by atoms with Crippen LogP contribution in [-0.4, -0.2) is 11.0 Å². The highest BCUT2D eigenvalue weighted by atomic mass is 79.9. The number of nitrogens with one attached hydrogen (secondary N) is 1. The normalized spacial score (nSPS) is 9.80. The summed E-state index contributed by atoms with van der Waals surface area (Å²) in [5.74, 6) is -0.422. The lowest BCUT2D eigenvalue weighted by Gasteiger charge is -2.09. The predicted molar refractivity (Wildman–Crippen MR) is 79.3 cm³/mol. The molecule has 100 valence electrons. The number of benzene rings is 2. The first kappa shape index (κ1) is 13.9. The van der Waals surface area contributed by atoms with Gasteiger partial charge in [-0.1, -0.05) is 0 Å². The van der Waals surface area contributed by atoms with Gasteiger partial charge in [-0.05, 0) is 52.3 Å². The third-order valence-electron chi connectivity index (χ3n) is 2.64. The molecule has 0 unspecified atom stereocenters. The standard InChI is InChI=1S/C14H10BrN3O2/c15-10-3-2-9(6-13(10)19)14(20)18-12-4-1-8(7-16)5-11(12)17/h1-6,19H,17H2,(H,18,20). The summed E-state index contributed by atoms with van der Waals surface area (Å²) in [6.45, 7) is 0. The Morgan fingerprint density at radius 1 is 1.30 bits per heavy atom. The molecule has 0 aliphatic rings. The van der Waals surface area contributed by atoms with Gasteiger partial charge in [-0.15, -0.1) is 0 Å². The van der Waals surface area contributed by atoms with E-state index in [1.165, 1.54) is 12.1 Å². The number of nitrogens with zero attached hydrogens (tertiary/aromatic N) is 1. The Labute approximate surface area is 123 Å². The van der Waals surface area contributed by atoms with E-state index in [1.54, 1.807) is 24.3 Å². The van der Waals surface area contributed by atoms with Crippen molar-refractivity contribution in [2.75, 3.05) is 11.1 Å². The molecule has 2 aromatic carbocycles. The summed E-state index contributed by atoms with van der Waals surface area (Å²) in [7, 11) is 0. The zero-order valence-electron chi connectivity index (χ0n) is 10.2. The maximum Gasteiger partial charge on any atom is 0.255 e. The zero-order chi connectivity index (χ0) is 14.7. The number of nitrogen functional groups attached to an aromatic ring is 1. The van der Waals surface area contributed by atoms with Crippen LogP contribution in [0.25, 0.3) is 0 Å². The quantitative estimate of drug-likeness (QED) is 0.736. The lowest BCUT2D eigenvalue weighted by Crippen LogP contribution is -2.13. The molecule has 0 radical (unpaired) electrons. The molecule has 0 aliphatic heterocycles. The molecule has 5 nitrogen and oxygen atoms in total. The highest BCUT2D eigenvalue weighted by molar-refractivity contribution is 9.10. The Kier molecular flexibility index (Phi) is 3.91. The highest BCUT2D eigenvalue weighted by Crippen LogP contribution is 2.25. The summed E-state index contributed by atoms with van der Waals surface area (Å²) in [6, 6.07) is 11.1. The van der Waals surface area contributed by atoms with Gasteiger partial charge in [-0.2, -0.15) is 5.26 Å². The summed E-state index contributed by atoms with van der Waals surface area (Å²) in [4.78, 5) is 12.0. The van der Waals surface area contributed by atoms with Gasteiger partial charge in [0.15, 0.2) is 0 Å². The fraction of sp³-hybridized carbons (Fsp3) is 0. The second kappa shape index (κ2) is 5.63. The van der Waals surface area contributed by atoms with E-state index in [1.807, 2.05) is 6.07 Å². The molecule has 0 fully saturated rings. The minimum atomic E-state index is -0.399. The smallest absolute Gasteiger partial charge is 0.255 e. The number of amides is 1. The van der Waals surface area contributed by atoms with E-state index >= 15 is 0 Å². The van der Waals surface area contributed by atoms with Crippen molar-refractivity contribution in [2.24, 2.45) is 0 Å². The van der Waals surface area contributed by atoms with Crippen LogP contribution in [0.5, 0.6) is 5.75 Å². The predicted octanol–water partition coefficient (Wildman–Crippen LogP) is 2.86. The third-order valence-corrected chi connectivity index (χ3v) is 3.31. The van der Waals surface area contributed by atoms with Gasteiger partial charge in [-0.25, -0.2) is 0 Å². The molecule has 0 heterocycles. The SMILES string of the molecule is N#Cc1ccc(NC(=O)c2ccc(Br)c(O)c2)c(N)c1. The number of nitriles is 1. The van der Waals surface area contributed by atoms with E-state index in [0.29, 0.717) is 27.0 Å². The van der Waals surface area contributed by atoms with E-state index in [9.17, 15) is 9.90 Å². The minimum Gasteiger partial charge on any atom is -0.507 e. The molecule has 1 amide bonds. The Hall–Kier alpha value is -2.52. The van der Waals surface area contributed by atoms with Gasteiger partial charge in [0.2, 0.25) is 0 Å². The fourth-order valence-electron chi connectivity index (χ4n) is 1.59. The topological polar surface area (TPSA) is 99.1 Å². The minimum absolute atomic E-state index is 0.0227. The first-order valence-electron chi connectivity index (χ1n) is 5.61. The average molecular weight is 332 g/mol. The third kappa shape index (κ3) is 2.90. The molecule has 0 bridgehead atoms. The van der Waals surface area contributed by atoms with Crippen molar-refractivity contribution < 1.29 is 9.90 Å². The van der Waals surface area contributed by atoms with Gasteiger partial charge in [0, 0.05) is 5.56 Å². The number of rotatable bonds is 2. The van der Waals surface area contributed by atoms with Crippen LogP contribution in [-0.2, 0) is 0 Å². The fourth-order valence-corrected chi connectivity index (χ4v) is 1.84. The molecule has 2 rings (SSSR count). The van der Waals surface area contributed by atoms with Crippen molar-refractivity contribution >= 4 is 33.2 Å². The van der Waals surface area contributed by atoms with Crippen molar-refractivity contribution in [1.29, 1.82) is 5.26 Å². The molecule has 2 aromatic rings. The summed E-state index contributed by atoms with van der Waals surface area (Å²) in [6.07, 6.45) is 0. The Morgan fingerprint density at radius 3 is 2.65 bits per heavy atom. The Bertz CT molecular complexity index is 723. The Morgan fingerprint density at radius 2 is 2.05 bits per heavy atom. The zero-order valence-corrected chi connectivity index (χ0v) is 11.8. The number of aromatic hydroxyl groups is 1. The van der Waals surface area contributed by atoms with E-state index in [-0.39, 0.29) is 5.75 Å². The molecular weight excluding hydrogens is 322 g/mol. The first-order valence-corrected chi connectivity index (χ1v) is 6.40. The second-order valence-corrected chi connectivity index (χ2v) is 4.89. The van der Waals surface area contributed by atoms with Crippen LogP contribution < -0.4 is 11.1 Å². The number of hydrogen-bond donors (Lipinski definition) is 3. The molecule has 0 saturated carbocycles. The van der Waals surface area contributed by atoms with E-state index in [2.05, 4.69) is 21.2 Å². The molecule has 0 aliphatic carbocycles. The van der Waals surface area contributed by atoms with Crippen LogP contribution in [0.1, 0.15) is 15.9 Å². The number of nitrogens with two attached hydrogens (primary N) is 1. The van der Waals surface area contributed by atoms with Crippen LogP contribution in [0.15, 0.2) is 40.9 Å². The van der Waals surface area contributed by atoms with Gasteiger partial charge in [0.05, 0.1) is 27.5 Å². The van der Waals surface area contributed by atoms with Crippen LogP contribution >= 0.6 is 15.9 Å². The van der Waals surface area contributed by atoms with Crippen LogP contribution in [0, 0.1) is 11.3 Å². The number of halogens is 1. The average Bonchev–Trinajstić information content (AvgIpc) is 2.43. The molecule has 0 spiro atoms. The maximum atomic E-state index is 12.0. The highest BCUT2D eigenvalue weighted by Gasteiger charge is 2.10. The van der Waals surface area contributed by atoms with Crippen LogP contribution in [0.3, 0.4) is 0 Å². The van der Waals surface area contributed by atoms with Gasteiger partial charge in [0.1, 0.15) is 5.75 Å². The first-order chi connectivity index (χ1) is 9.51. The van der Waals surface area contributed by atoms with Gasteiger partial charge in [-0.3, -0.25) is 4.79 Å². The maximum absolute atomic E-state index is 12.0. The lowest BCUT2D eigenvalue weighted by atomic mass is 10.1. The summed E-state index contributed by atoms with van der Waals surface area (Å²) < 4.78 is 0.506. The lowest BCUT2D eigenvalue weighted by molar-refractivity contribution is 0.102. The van der Waals surface area contributed by atoms with Crippen LogP contribution in [0.4, 0.5) is 11.4 Å². The second-order valence-electron chi connectivity index (χ2n) is 4.03. The molecule has 4 N–H and O–H groups in total. The summed E-state index contributed by atoms with van der Waals surface area (Å²) in [5, 5.41) is 20.9. The van der Waals surface area contributed by atoms with Crippen molar-refractivity contribution in [3.63, 3.8) is 0 Å². The Balaban J connectivity index is 2.23. The number of phenolic OH excluding ortho intramolecular Hbond substituents is 1. The monoisotopic (exact) mass is 331 g/mol. The molecule has 6 heteroatoms. The van der Waals surface area contributed by atoms with Crippen LogP contribution in [0.2, 0.25) is 0 Å². The molecule has 0 aromatic heterocycles. The molecule has 20 heavy (non-hydrogen) atoms. The van der Waals surface area contributed by atoms with Gasteiger partial charge < -0.3 is 16.2 Å².